The lowest BCUT2D eigenvalue weighted by Gasteiger charge is -2.32. The zero-order chi connectivity index (χ0) is 35.0. The van der Waals surface area contributed by atoms with Crippen LogP contribution in [0.3, 0.4) is 0 Å². The topological polar surface area (TPSA) is 189 Å². The number of rotatable bonds is 18. The van der Waals surface area contributed by atoms with Crippen molar-refractivity contribution in [1.29, 1.82) is 0 Å². The predicted octanol–water partition coefficient (Wildman–Crippen LogP) is 3.24. The number of benzene rings is 1. The van der Waals surface area contributed by atoms with Crippen LogP contribution in [-0.4, -0.2) is 71.2 Å². The first kappa shape index (κ1) is 39.5. The van der Waals surface area contributed by atoms with Crippen LogP contribution in [0.25, 0.3) is 0 Å². The molecule has 5 amide bonds. The van der Waals surface area contributed by atoms with Gasteiger partial charge in [0.1, 0.15) is 17.7 Å². The monoisotopic (exact) mass is 659 g/mol. The first-order valence-corrected chi connectivity index (χ1v) is 17.1. The zero-order valence-electron chi connectivity index (χ0n) is 28.8. The molecule has 0 aliphatic heterocycles. The van der Waals surface area contributed by atoms with E-state index in [-0.39, 0.29) is 24.7 Å². The second-order valence-corrected chi connectivity index (χ2v) is 13.8. The molecule has 1 aromatic rings. The van der Waals surface area contributed by atoms with Crippen molar-refractivity contribution in [3.8, 4) is 0 Å². The fraction of sp³-hybridized carbons (Fsp3) is 0.686. The van der Waals surface area contributed by atoms with E-state index >= 15 is 0 Å². The van der Waals surface area contributed by atoms with Gasteiger partial charge in [0.25, 0.3) is 0 Å². The van der Waals surface area contributed by atoms with Crippen LogP contribution < -0.4 is 27.0 Å². The number of aliphatic hydroxyl groups is 1. The predicted molar refractivity (Wildman–Crippen MR) is 180 cm³/mol. The first-order valence-electron chi connectivity index (χ1n) is 17.1. The lowest BCUT2D eigenvalue weighted by atomic mass is 9.82. The molecule has 0 radical (unpaired) electrons. The summed E-state index contributed by atoms with van der Waals surface area (Å²) in [4.78, 5) is 64.7. The normalized spacial score (nSPS) is 16.9. The van der Waals surface area contributed by atoms with E-state index in [1.807, 2.05) is 13.0 Å². The van der Waals surface area contributed by atoms with E-state index in [0.717, 1.165) is 50.5 Å². The Hall–Kier alpha value is -3.67. The Bertz CT molecular complexity index is 1150. The summed E-state index contributed by atoms with van der Waals surface area (Å²) >= 11 is 0. The number of unbranched alkanes of at least 4 members (excludes halogenated alkanes) is 1. The SMILES string of the molecule is CCCCNC(=O)[C@H](C)C[C@H](O)[C@H](CC1CCCCC1)NC(=O)[C@H](CC(N)=O)NC(=O)[C@H](Cc1ccccc1)NC(=O)OC(C)(C)C. The maximum absolute atomic E-state index is 13.7. The summed E-state index contributed by atoms with van der Waals surface area (Å²) in [5, 5.41) is 22.3. The van der Waals surface area contributed by atoms with Crippen LogP contribution in [0.2, 0.25) is 0 Å². The van der Waals surface area contributed by atoms with Crippen LogP contribution in [0.4, 0.5) is 4.79 Å². The number of alkyl carbamates (subject to hydrolysis) is 1. The lowest BCUT2D eigenvalue weighted by Crippen LogP contribution is -2.58. The molecule has 0 spiro atoms. The average molecular weight is 660 g/mol. The summed E-state index contributed by atoms with van der Waals surface area (Å²) in [5.41, 5.74) is 5.43. The third kappa shape index (κ3) is 15.6. The Morgan fingerprint density at radius 3 is 2.17 bits per heavy atom. The van der Waals surface area contributed by atoms with Crippen molar-refractivity contribution >= 4 is 29.7 Å². The minimum Gasteiger partial charge on any atom is -0.444 e. The smallest absolute Gasteiger partial charge is 0.408 e. The maximum Gasteiger partial charge on any atom is 0.408 e. The van der Waals surface area contributed by atoms with Crippen molar-refractivity contribution < 1.29 is 33.8 Å². The number of ether oxygens (including phenoxy) is 1. The van der Waals surface area contributed by atoms with Crippen LogP contribution >= 0.6 is 0 Å². The Balaban J connectivity index is 2.24. The number of nitrogens with two attached hydrogens (primary N) is 1. The average Bonchev–Trinajstić information content (AvgIpc) is 2.99. The van der Waals surface area contributed by atoms with E-state index in [1.54, 1.807) is 52.0 Å². The molecule has 0 saturated heterocycles. The molecule has 1 aliphatic rings. The Kier molecular flexibility index (Phi) is 16.7. The van der Waals surface area contributed by atoms with Gasteiger partial charge in [0.15, 0.2) is 0 Å². The molecular formula is C35H57N5O7. The fourth-order valence-corrected chi connectivity index (χ4v) is 5.77. The minimum atomic E-state index is -1.37. The van der Waals surface area contributed by atoms with Crippen molar-refractivity contribution in [3.63, 3.8) is 0 Å². The van der Waals surface area contributed by atoms with E-state index < -0.39 is 66.0 Å². The summed E-state index contributed by atoms with van der Waals surface area (Å²) in [6, 6.07) is 5.80. The second kappa shape index (κ2) is 19.9. The second-order valence-electron chi connectivity index (χ2n) is 13.8. The molecule has 264 valence electrons. The summed E-state index contributed by atoms with van der Waals surface area (Å²) in [7, 11) is 0. The van der Waals surface area contributed by atoms with E-state index in [1.165, 1.54) is 0 Å². The molecule has 5 atom stereocenters. The highest BCUT2D eigenvalue weighted by atomic mass is 16.6. The number of nitrogens with one attached hydrogen (secondary N) is 4. The van der Waals surface area contributed by atoms with Crippen molar-refractivity contribution in [2.24, 2.45) is 17.6 Å². The maximum atomic E-state index is 13.7. The van der Waals surface area contributed by atoms with Gasteiger partial charge < -0.3 is 36.8 Å². The van der Waals surface area contributed by atoms with Crippen molar-refractivity contribution in [2.45, 2.75) is 135 Å². The van der Waals surface area contributed by atoms with Crippen molar-refractivity contribution in [3.05, 3.63) is 35.9 Å². The molecule has 1 saturated carbocycles. The summed E-state index contributed by atoms with van der Waals surface area (Å²) in [5.74, 6) is -2.59. The molecule has 0 heterocycles. The highest BCUT2D eigenvalue weighted by molar-refractivity contribution is 5.94. The fourth-order valence-electron chi connectivity index (χ4n) is 5.77. The van der Waals surface area contributed by atoms with Crippen LogP contribution in [-0.2, 0) is 30.3 Å². The highest BCUT2D eigenvalue weighted by Crippen LogP contribution is 2.29. The van der Waals surface area contributed by atoms with Gasteiger partial charge >= 0.3 is 6.09 Å². The van der Waals surface area contributed by atoms with Gasteiger partial charge in [-0.05, 0) is 51.5 Å². The summed E-state index contributed by atoms with van der Waals surface area (Å²) < 4.78 is 5.36. The summed E-state index contributed by atoms with van der Waals surface area (Å²) in [6.45, 7) is 9.43. The molecule has 12 nitrogen and oxygen atoms in total. The molecule has 1 fully saturated rings. The molecule has 0 aromatic heterocycles. The van der Waals surface area contributed by atoms with Crippen LogP contribution in [0.1, 0.15) is 104 Å². The number of primary amides is 1. The Morgan fingerprint density at radius 1 is 0.936 bits per heavy atom. The van der Waals surface area contributed by atoms with Gasteiger partial charge in [0.2, 0.25) is 23.6 Å². The van der Waals surface area contributed by atoms with E-state index in [9.17, 15) is 29.1 Å². The van der Waals surface area contributed by atoms with Gasteiger partial charge in [-0.3, -0.25) is 19.2 Å². The standard InChI is InChI=1S/C35H57N5O7/c1-6-7-18-37-31(43)23(2)19-29(41)26(20-24-14-10-8-11-15-24)38-33(45)28(22-30(36)42)39-32(44)27(21-25-16-12-9-13-17-25)40-34(46)47-35(3,4)5/h9,12-13,16-17,23-24,26-29,41H,6-8,10-11,14-15,18-22H2,1-5H3,(H2,36,42)(H,37,43)(H,38,45)(H,39,44)(H,40,46)/t23-,26+,27+,28+,29+/m1/s1. The lowest BCUT2D eigenvalue weighted by molar-refractivity contribution is -0.133. The van der Waals surface area contributed by atoms with Crippen molar-refractivity contribution in [2.75, 3.05) is 6.54 Å². The Labute approximate surface area is 279 Å². The minimum absolute atomic E-state index is 0.0953. The molecular weight excluding hydrogens is 602 g/mol. The van der Waals surface area contributed by atoms with Crippen molar-refractivity contribution in [1.82, 2.24) is 21.3 Å². The quantitative estimate of drug-likeness (QED) is 0.130. The van der Waals surface area contributed by atoms with E-state index in [0.29, 0.717) is 13.0 Å². The van der Waals surface area contributed by atoms with Gasteiger partial charge in [-0.1, -0.05) is 82.7 Å². The Morgan fingerprint density at radius 2 is 1.57 bits per heavy atom. The number of hydrogen-bond donors (Lipinski definition) is 6. The number of carbonyl (C=O) groups is 5. The molecule has 12 heteroatoms. The molecule has 0 bridgehead atoms. The molecule has 7 N–H and O–H groups in total. The number of aliphatic hydroxyl groups excluding tert-OH is 1. The van der Waals surface area contributed by atoms with Gasteiger partial charge in [-0.2, -0.15) is 0 Å². The van der Waals surface area contributed by atoms with Crippen LogP contribution in [0.15, 0.2) is 30.3 Å². The third-order valence-electron chi connectivity index (χ3n) is 8.30. The third-order valence-corrected chi connectivity index (χ3v) is 8.30. The van der Waals surface area contributed by atoms with Gasteiger partial charge in [0, 0.05) is 18.9 Å². The number of hydrogen-bond acceptors (Lipinski definition) is 7. The van der Waals surface area contributed by atoms with Crippen LogP contribution in [0, 0.1) is 11.8 Å². The number of amides is 5. The molecule has 1 aliphatic carbocycles. The van der Waals surface area contributed by atoms with Gasteiger partial charge in [0.05, 0.1) is 18.6 Å². The molecule has 2 rings (SSSR count). The summed E-state index contributed by atoms with van der Waals surface area (Å²) in [6.07, 6.45) is 5.35. The number of carbonyl (C=O) groups excluding carboxylic acids is 5. The van der Waals surface area contributed by atoms with Gasteiger partial charge in [-0.15, -0.1) is 0 Å². The van der Waals surface area contributed by atoms with E-state index in [4.69, 9.17) is 10.5 Å². The van der Waals surface area contributed by atoms with Gasteiger partial charge in [-0.25, -0.2) is 4.79 Å². The molecule has 0 unspecified atom stereocenters. The molecule has 47 heavy (non-hydrogen) atoms. The highest BCUT2D eigenvalue weighted by Gasteiger charge is 2.34. The zero-order valence-corrected chi connectivity index (χ0v) is 28.8. The molecule has 1 aromatic carbocycles. The largest absolute Gasteiger partial charge is 0.444 e. The van der Waals surface area contributed by atoms with E-state index in [2.05, 4.69) is 21.3 Å². The van der Waals surface area contributed by atoms with Crippen LogP contribution in [0.5, 0.6) is 0 Å². The first-order chi connectivity index (χ1) is 22.2.